The molecule has 0 fully saturated rings. The van der Waals surface area contributed by atoms with Crippen LogP contribution in [-0.4, -0.2) is 10.2 Å². The Hall–Kier alpha value is -1.18. The van der Waals surface area contributed by atoms with E-state index in [2.05, 4.69) is 6.08 Å². The van der Waals surface area contributed by atoms with Crippen molar-refractivity contribution in [3.8, 4) is 0 Å². The lowest BCUT2D eigenvalue weighted by atomic mass is 10.1. The van der Waals surface area contributed by atoms with Crippen LogP contribution in [-0.2, 0) is 0 Å². The van der Waals surface area contributed by atoms with Gasteiger partial charge in [-0.15, -0.1) is 0 Å². The average Bonchev–Trinajstić information content (AvgIpc) is 2.25. The molecular formula is C14H22O2. The lowest BCUT2D eigenvalue weighted by molar-refractivity contribution is 0.367. The molecule has 2 N–H and O–H groups in total. The third kappa shape index (κ3) is 6.33. The van der Waals surface area contributed by atoms with Crippen LogP contribution in [0.4, 0.5) is 0 Å². The summed E-state index contributed by atoms with van der Waals surface area (Å²) in [5, 5.41) is 19.0. The van der Waals surface area contributed by atoms with Gasteiger partial charge >= 0.3 is 0 Å². The maximum absolute atomic E-state index is 9.53. The van der Waals surface area contributed by atoms with E-state index in [1.54, 1.807) is 6.08 Å². The highest BCUT2D eigenvalue weighted by molar-refractivity contribution is 5.19. The maximum atomic E-state index is 9.53. The second-order valence-electron chi connectivity index (χ2n) is 4.32. The van der Waals surface area contributed by atoms with E-state index in [0.717, 1.165) is 19.3 Å². The quantitative estimate of drug-likeness (QED) is 0.630. The summed E-state index contributed by atoms with van der Waals surface area (Å²) in [5.74, 6) is 0.407. The Morgan fingerprint density at radius 3 is 2.38 bits per heavy atom. The molecule has 0 aromatic rings. The van der Waals surface area contributed by atoms with Crippen LogP contribution in [0.15, 0.2) is 35.8 Å². The third-order valence-corrected chi connectivity index (χ3v) is 2.77. The molecule has 2 heteroatoms. The Morgan fingerprint density at radius 1 is 0.875 bits per heavy atom. The van der Waals surface area contributed by atoms with Gasteiger partial charge in [-0.1, -0.05) is 37.8 Å². The molecule has 0 radical (unpaired) electrons. The zero-order valence-electron chi connectivity index (χ0n) is 9.86. The van der Waals surface area contributed by atoms with Crippen molar-refractivity contribution in [1.29, 1.82) is 0 Å². The molecular weight excluding hydrogens is 200 g/mol. The van der Waals surface area contributed by atoms with E-state index in [0.29, 0.717) is 6.42 Å². The highest BCUT2D eigenvalue weighted by atomic mass is 16.3. The van der Waals surface area contributed by atoms with Crippen molar-refractivity contribution in [2.75, 3.05) is 0 Å². The lowest BCUT2D eigenvalue weighted by Crippen LogP contribution is -1.86. The van der Waals surface area contributed by atoms with E-state index in [-0.39, 0.29) is 11.5 Å². The van der Waals surface area contributed by atoms with Gasteiger partial charge in [-0.3, -0.25) is 0 Å². The normalized spacial score (nSPS) is 20.8. The number of hydrogen-bond donors (Lipinski definition) is 2. The van der Waals surface area contributed by atoms with Crippen LogP contribution < -0.4 is 0 Å². The van der Waals surface area contributed by atoms with Crippen molar-refractivity contribution in [2.45, 2.75) is 51.4 Å². The highest BCUT2D eigenvalue weighted by Crippen LogP contribution is 2.13. The first kappa shape index (κ1) is 12.9. The molecule has 0 aromatic carbocycles. The standard InChI is InChI=1S/C14H22O2/c15-13-10-8-6-4-2-1-3-5-7-9-11-14(16)12-13/h6,8,10,12,15-16H,1-5,7,9,11H2. The molecule has 0 heterocycles. The van der Waals surface area contributed by atoms with E-state index < -0.39 is 0 Å². The molecule has 90 valence electrons. The monoisotopic (exact) mass is 222 g/mol. The molecule has 16 heavy (non-hydrogen) atoms. The van der Waals surface area contributed by atoms with E-state index in [4.69, 9.17) is 0 Å². The average molecular weight is 222 g/mol. The van der Waals surface area contributed by atoms with Crippen LogP contribution in [0.3, 0.4) is 0 Å². The predicted octanol–water partition coefficient (Wildman–Crippen LogP) is 4.56. The molecule has 2 nitrogen and oxygen atoms in total. The van der Waals surface area contributed by atoms with Gasteiger partial charge in [0.05, 0.1) is 5.76 Å². The van der Waals surface area contributed by atoms with Crippen molar-refractivity contribution < 1.29 is 10.2 Å². The van der Waals surface area contributed by atoms with Gasteiger partial charge in [0, 0.05) is 12.5 Å². The van der Waals surface area contributed by atoms with Gasteiger partial charge in [-0.05, 0) is 25.3 Å². The van der Waals surface area contributed by atoms with Gasteiger partial charge in [0.15, 0.2) is 0 Å². The molecule has 0 saturated carbocycles. The van der Waals surface area contributed by atoms with E-state index >= 15 is 0 Å². The van der Waals surface area contributed by atoms with Crippen molar-refractivity contribution in [2.24, 2.45) is 0 Å². The van der Waals surface area contributed by atoms with Crippen molar-refractivity contribution >= 4 is 0 Å². The first-order chi connectivity index (χ1) is 7.79. The number of aliphatic hydroxyl groups excluding tert-OH is 2. The first-order valence-corrected chi connectivity index (χ1v) is 6.24. The summed E-state index contributed by atoms with van der Waals surface area (Å²) in [6, 6.07) is 0. The van der Waals surface area contributed by atoms with Crippen molar-refractivity contribution in [3.05, 3.63) is 35.8 Å². The van der Waals surface area contributed by atoms with E-state index in [9.17, 15) is 10.2 Å². The largest absolute Gasteiger partial charge is 0.512 e. The number of aliphatic hydroxyl groups is 2. The Balaban J connectivity index is 2.53. The van der Waals surface area contributed by atoms with Crippen LogP contribution >= 0.6 is 0 Å². The predicted molar refractivity (Wildman–Crippen MR) is 67.5 cm³/mol. The second-order valence-corrected chi connectivity index (χ2v) is 4.32. The Kier molecular flexibility index (Phi) is 6.47. The zero-order chi connectivity index (χ0) is 11.6. The number of allylic oxidation sites excluding steroid dienone is 5. The van der Waals surface area contributed by atoms with Gasteiger partial charge in [-0.2, -0.15) is 0 Å². The van der Waals surface area contributed by atoms with Gasteiger partial charge < -0.3 is 10.2 Å². The summed E-state index contributed by atoms with van der Waals surface area (Å²) in [4.78, 5) is 0. The van der Waals surface area contributed by atoms with Gasteiger partial charge in [0.25, 0.3) is 0 Å². The van der Waals surface area contributed by atoms with Gasteiger partial charge in [0.2, 0.25) is 0 Å². The molecule has 0 aromatic heterocycles. The maximum Gasteiger partial charge on any atom is 0.118 e. The van der Waals surface area contributed by atoms with Crippen molar-refractivity contribution in [1.82, 2.24) is 0 Å². The van der Waals surface area contributed by atoms with E-state index in [1.807, 2.05) is 6.08 Å². The minimum atomic E-state index is 0.130. The van der Waals surface area contributed by atoms with Crippen molar-refractivity contribution in [3.63, 3.8) is 0 Å². The molecule has 0 unspecified atom stereocenters. The van der Waals surface area contributed by atoms with E-state index in [1.165, 1.54) is 31.8 Å². The summed E-state index contributed by atoms with van der Waals surface area (Å²) >= 11 is 0. The summed E-state index contributed by atoms with van der Waals surface area (Å²) < 4.78 is 0. The Morgan fingerprint density at radius 2 is 1.56 bits per heavy atom. The minimum absolute atomic E-state index is 0.130. The summed E-state index contributed by atoms with van der Waals surface area (Å²) in [7, 11) is 0. The number of rotatable bonds is 0. The summed E-state index contributed by atoms with van der Waals surface area (Å²) in [5.41, 5.74) is 0. The summed E-state index contributed by atoms with van der Waals surface area (Å²) in [6.45, 7) is 0. The Bertz CT molecular complexity index is 274. The van der Waals surface area contributed by atoms with Crippen LogP contribution in [0.2, 0.25) is 0 Å². The lowest BCUT2D eigenvalue weighted by Gasteiger charge is -2.02. The molecule has 0 amide bonds. The highest BCUT2D eigenvalue weighted by Gasteiger charge is 1.97. The fourth-order valence-corrected chi connectivity index (χ4v) is 1.83. The third-order valence-electron chi connectivity index (χ3n) is 2.77. The first-order valence-electron chi connectivity index (χ1n) is 6.24. The fourth-order valence-electron chi connectivity index (χ4n) is 1.83. The minimum Gasteiger partial charge on any atom is -0.512 e. The van der Waals surface area contributed by atoms with Gasteiger partial charge in [-0.25, -0.2) is 0 Å². The molecule has 0 atom stereocenters. The summed E-state index contributed by atoms with van der Waals surface area (Å²) in [6.07, 6.45) is 15.9. The molecule has 0 bridgehead atoms. The van der Waals surface area contributed by atoms with Crippen LogP contribution in [0, 0.1) is 0 Å². The van der Waals surface area contributed by atoms with Gasteiger partial charge in [0.1, 0.15) is 5.76 Å². The molecule has 0 saturated heterocycles. The molecule has 1 aliphatic carbocycles. The molecule has 1 rings (SSSR count). The van der Waals surface area contributed by atoms with Crippen LogP contribution in [0.1, 0.15) is 51.4 Å². The Labute approximate surface area is 98.0 Å². The molecule has 0 spiro atoms. The topological polar surface area (TPSA) is 40.5 Å². The smallest absolute Gasteiger partial charge is 0.118 e. The zero-order valence-corrected chi connectivity index (χ0v) is 9.86. The van der Waals surface area contributed by atoms with Crippen LogP contribution in [0.25, 0.3) is 0 Å². The molecule has 1 aliphatic rings. The number of hydrogen-bond acceptors (Lipinski definition) is 2. The van der Waals surface area contributed by atoms with Crippen LogP contribution in [0.5, 0.6) is 0 Å². The fraction of sp³-hybridized carbons (Fsp3) is 0.571. The SMILES string of the molecule is OC1=CC=CCCCCCCCCC(O)=C1. The molecule has 0 aliphatic heterocycles. The second kappa shape index (κ2) is 8.03.